The second-order valence-corrected chi connectivity index (χ2v) is 16.9. The summed E-state index contributed by atoms with van der Waals surface area (Å²) in [6.45, 7) is 13.8. The average molecular weight is 881 g/mol. The SMILES string of the molecule is CCCCCCCC1OC(=O)[C@@H](C)N(C)C(=O)C(CCCCC)OC(=O)[C@H](C)N(C)C(=O)C(CCCCC)OC(=O)[C@@H](C)N(C)C(=O)C(CCCCC)OC(=O)[C@H](C)N(C)C1=O. The first-order valence-electron chi connectivity index (χ1n) is 23.2. The molecule has 0 bridgehead atoms. The zero-order valence-corrected chi connectivity index (χ0v) is 40.0. The van der Waals surface area contributed by atoms with Crippen molar-refractivity contribution in [1.82, 2.24) is 19.6 Å². The molecule has 0 radical (unpaired) electrons. The number of nitrogens with zero attached hydrogens (tertiary/aromatic N) is 4. The van der Waals surface area contributed by atoms with Crippen LogP contribution in [0.3, 0.4) is 0 Å². The summed E-state index contributed by atoms with van der Waals surface area (Å²) in [5.74, 6) is -6.16. The number of carbonyl (C=O) groups is 8. The van der Waals surface area contributed by atoms with Gasteiger partial charge in [-0.15, -0.1) is 0 Å². The Kier molecular flexibility index (Phi) is 26.3. The highest BCUT2D eigenvalue weighted by Gasteiger charge is 2.40. The van der Waals surface area contributed by atoms with Gasteiger partial charge in [0.1, 0.15) is 24.2 Å². The average Bonchev–Trinajstić information content (AvgIpc) is 3.26. The summed E-state index contributed by atoms with van der Waals surface area (Å²) in [5, 5.41) is 0. The Balaban J connectivity index is 3.82. The first-order valence-corrected chi connectivity index (χ1v) is 23.2. The van der Waals surface area contributed by atoms with Gasteiger partial charge in [-0.3, -0.25) is 19.2 Å². The van der Waals surface area contributed by atoms with Gasteiger partial charge in [-0.1, -0.05) is 91.9 Å². The van der Waals surface area contributed by atoms with E-state index in [4.69, 9.17) is 18.9 Å². The molecule has 0 aromatic heterocycles. The van der Waals surface area contributed by atoms with E-state index in [1.165, 1.54) is 55.9 Å². The molecule has 62 heavy (non-hydrogen) atoms. The van der Waals surface area contributed by atoms with E-state index in [9.17, 15) is 38.4 Å². The van der Waals surface area contributed by atoms with Crippen molar-refractivity contribution < 1.29 is 57.3 Å². The van der Waals surface area contributed by atoms with Crippen molar-refractivity contribution in [2.75, 3.05) is 28.2 Å². The number of esters is 4. The Labute approximate surface area is 371 Å². The predicted octanol–water partition coefficient (Wildman–Crippen LogP) is 6.14. The number of amides is 4. The van der Waals surface area contributed by atoms with E-state index in [1.54, 1.807) is 0 Å². The molecule has 4 amide bonds. The summed E-state index contributed by atoms with van der Waals surface area (Å²) >= 11 is 0. The molecule has 1 aliphatic rings. The molecule has 16 heteroatoms. The third kappa shape index (κ3) is 17.5. The molecule has 0 saturated carbocycles. The molecule has 1 aliphatic heterocycles. The fraction of sp³-hybridized carbons (Fsp3) is 0.826. The number of hydrogen-bond donors (Lipinski definition) is 0. The van der Waals surface area contributed by atoms with Crippen LogP contribution in [0.2, 0.25) is 0 Å². The Hall–Kier alpha value is -4.24. The molecule has 1 heterocycles. The number of likely N-dealkylation sites (N-methyl/N-ethyl adjacent to an activating group) is 4. The minimum Gasteiger partial charge on any atom is -0.451 e. The van der Waals surface area contributed by atoms with Crippen molar-refractivity contribution in [3.8, 4) is 0 Å². The largest absolute Gasteiger partial charge is 0.451 e. The van der Waals surface area contributed by atoms with Crippen molar-refractivity contribution in [1.29, 1.82) is 0 Å². The van der Waals surface area contributed by atoms with Gasteiger partial charge >= 0.3 is 23.9 Å². The van der Waals surface area contributed by atoms with E-state index in [2.05, 4.69) is 6.92 Å². The summed E-state index contributed by atoms with van der Waals surface area (Å²) in [6.07, 6.45) is 5.85. The maximum Gasteiger partial charge on any atom is 0.329 e. The fourth-order valence-electron chi connectivity index (χ4n) is 6.86. The van der Waals surface area contributed by atoms with Crippen LogP contribution in [0, 0.1) is 0 Å². The lowest BCUT2D eigenvalue weighted by Crippen LogP contribution is -2.53. The minimum absolute atomic E-state index is 0.146. The fourth-order valence-corrected chi connectivity index (χ4v) is 6.86. The first-order chi connectivity index (χ1) is 29.3. The van der Waals surface area contributed by atoms with Gasteiger partial charge in [0.05, 0.1) is 0 Å². The van der Waals surface area contributed by atoms with Crippen molar-refractivity contribution >= 4 is 47.5 Å². The maximum atomic E-state index is 14.1. The molecule has 8 atom stereocenters. The molecule has 356 valence electrons. The Morgan fingerprint density at radius 3 is 0.710 bits per heavy atom. The van der Waals surface area contributed by atoms with Crippen LogP contribution in [0.5, 0.6) is 0 Å². The van der Waals surface area contributed by atoms with Gasteiger partial charge in [-0.05, 0) is 79.1 Å². The molecule has 1 rings (SSSR count). The summed E-state index contributed by atoms with van der Waals surface area (Å²) in [6, 6.07) is -4.84. The topological polar surface area (TPSA) is 186 Å². The van der Waals surface area contributed by atoms with Gasteiger partial charge < -0.3 is 38.5 Å². The van der Waals surface area contributed by atoms with Crippen LogP contribution in [0.15, 0.2) is 0 Å². The van der Waals surface area contributed by atoms with Crippen molar-refractivity contribution in [3.63, 3.8) is 0 Å². The third-order valence-electron chi connectivity index (χ3n) is 12.0. The highest BCUT2D eigenvalue weighted by atomic mass is 16.6. The number of rotatable bonds is 18. The molecule has 0 aliphatic carbocycles. The molecular weight excluding hydrogens is 801 g/mol. The quantitative estimate of drug-likeness (QED) is 0.0872. The van der Waals surface area contributed by atoms with Crippen molar-refractivity contribution in [2.24, 2.45) is 0 Å². The molecule has 0 N–H and O–H groups in total. The van der Waals surface area contributed by atoms with Crippen LogP contribution in [-0.4, -0.2) is 144 Å². The van der Waals surface area contributed by atoms with Gasteiger partial charge in [0, 0.05) is 28.2 Å². The molecule has 1 saturated heterocycles. The van der Waals surface area contributed by atoms with Crippen molar-refractivity contribution in [2.45, 2.75) is 220 Å². The van der Waals surface area contributed by atoms with E-state index in [-0.39, 0.29) is 25.7 Å². The molecule has 16 nitrogen and oxygen atoms in total. The van der Waals surface area contributed by atoms with Crippen LogP contribution < -0.4 is 0 Å². The smallest absolute Gasteiger partial charge is 0.329 e. The van der Waals surface area contributed by atoms with Gasteiger partial charge in [-0.2, -0.15) is 0 Å². The van der Waals surface area contributed by atoms with Crippen LogP contribution in [0.4, 0.5) is 0 Å². The lowest BCUT2D eigenvalue weighted by Gasteiger charge is -2.33. The Morgan fingerprint density at radius 1 is 0.323 bits per heavy atom. The van der Waals surface area contributed by atoms with Gasteiger partial charge in [0.15, 0.2) is 24.4 Å². The second kappa shape index (κ2) is 29.2. The molecule has 0 aromatic carbocycles. The number of hydrogen-bond acceptors (Lipinski definition) is 12. The van der Waals surface area contributed by atoms with Crippen LogP contribution in [0.25, 0.3) is 0 Å². The first kappa shape index (κ1) is 55.8. The summed E-state index contributed by atoms with van der Waals surface area (Å²) in [4.78, 5) is 116. The zero-order chi connectivity index (χ0) is 47.1. The van der Waals surface area contributed by atoms with E-state index in [0.717, 1.165) is 83.8 Å². The highest BCUT2D eigenvalue weighted by Crippen LogP contribution is 2.21. The maximum absolute atomic E-state index is 14.1. The lowest BCUT2D eigenvalue weighted by molar-refractivity contribution is -0.176. The summed E-state index contributed by atoms with van der Waals surface area (Å²) in [7, 11) is 5.53. The highest BCUT2D eigenvalue weighted by molar-refractivity contribution is 5.94. The molecule has 1 fully saturated rings. The van der Waals surface area contributed by atoms with E-state index in [0.29, 0.717) is 25.7 Å². The molecular formula is C46H80N4O12. The summed E-state index contributed by atoms with van der Waals surface area (Å²) < 4.78 is 23.2. The molecule has 4 unspecified atom stereocenters. The van der Waals surface area contributed by atoms with Crippen LogP contribution in [-0.2, 0) is 57.3 Å². The third-order valence-corrected chi connectivity index (χ3v) is 12.0. The normalized spacial score (nSPS) is 26.3. The monoisotopic (exact) mass is 881 g/mol. The minimum atomic E-state index is -1.31. The van der Waals surface area contributed by atoms with Gasteiger partial charge in [-0.25, -0.2) is 19.2 Å². The number of cyclic esters (lactones) is 4. The Bertz CT molecular complexity index is 1450. The molecule has 0 aromatic rings. The van der Waals surface area contributed by atoms with Crippen molar-refractivity contribution in [3.05, 3.63) is 0 Å². The number of unbranched alkanes of at least 4 members (excludes halogenated alkanes) is 10. The number of ether oxygens (including phenoxy) is 4. The zero-order valence-electron chi connectivity index (χ0n) is 40.0. The van der Waals surface area contributed by atoms with Gasteiger partial charge in [0.25, 0.3) is 23.6 Å². The van der Waals surface area contributed by atoms with E-state index >= 15 is 0 Å². The van der Waals surface area contributed by atoms with Crippen LogP contribution in [0.1, 0.15) is 171 Å². The van der Waals surface area contributed by atoms with E-state index < -0.39 is 96.1 Å². The van der Waals surface area contributed by atoms with E-state index in [1.807, 2.05) is 20.8 Å². The standard InChI is InChI=1S/C46H80N4O12/c1-13-17-21-22-26-30-38-42(54)50(12)33(7)45(57)61-36(28-24-19-15-3)40(52)48(10)31(5)43(55)59-35(27-23-18-14-2)39(51)47(9)32(6)44(56)60-37(29-25-20-16-4)41(53)49(11)34(8)46(58)62-38/h31-38H,13-30H2,1-12H3/t31-,32+,33+,34-,35?,36?,37?,38?/m1/s1. The van der Waals surface area contributed by atoms with Crippen LogP contribution >= 0.6 is 0 Å². The predicted molar refractivity (Wildman–Crippen MR) is 234 cm³/mol. The summed E-state index contributed by atoms with van der Waals surface area (Å²) in [5.41, 5.74) is 0. The lowest BCUT2D eigenvalue weighted by atomic mass is 10.1. The Morgan fingerprint density at radius 2 is 0.500 bits per heavy atom. The van der Waals surface area contributed by atoms with Gasteiger partial charge in [0.2, 0.25) is 0 Å². The molecule has 0 spiro atoms. The number of carbonyl (C=O) groups excluding carboxylic acids is 8. The second-order valence-electron chi connectivity index (χ2n) is 16.9.